The Morgan fingerprint density at radius 1 is 1.60 bits per heavy atom. The molecule has 15 heavy (non-hydrogen) atoms. The Kier molecular flexibility index (Phi) is 3.81. The average molecular weight is 206 g/mol. The number of carbonyl (C=O) groups excluding carboxylic acids is 1. The predicted molar refractivity (Wildman–Crippen MR) is 53.6 cm³/mol. The van der Waals surface area contributed by atoms with Crippen LogP contribution in [0.4, 0.5) is 4.39 Å². The molecule has 0 unspecified atom stereocenters. The first-order valence-corrected chi connectivity index (χ1v) is 4.60. The Hall–Kier alpha value is -1.89. The van der Waals surface area contributed by atoms with Crippen molar-refractivity contribution >= 4 is 5.91 Å². The summed E-state index contributed by atoms with van der Waals surface area (Å²) in [6.45, 7) is 2.23. The molecule has 0 fully saturated rings. The molecule has 0 saturated heterocycles. The fourth-order valence-corrected chi connectivity index (χ4v) is 1.22. The molecule has 0 aliphatic heterocycles. The molecule has 4 heteroatoms. The van der Waals surface area contributed by atoms with Gasteiger partial charge in [-0.05, 0) is 25.1 Å². The number of hydrogen-bond acceptors (Lipinski definition) is 2. The molecule has 0 aliphatic carbocycles. The van der Waals surface area contributed by atoms with Gasteiger partial charge in [0.05, 0.1) is 6.07 Å². The number of nitriles is 1. The Morgan fingerprint density at radius 3 is 2.87 bits per heavy atom. The van der Waals surface area contributed by atoms with Crippen LogP contribution in [-0.4, -0.2) is 23.9 Å². The maximum atomic E-state index is 12.8. The molecular weight excluding hydrogens is 195 g/mol. The third kappa shape index (κ3) is 2.78. The number of rotatable bonds is 3. The highest BCUT2D eigenvalue weighted by atomic mass is 19.1. The van der Waals surface area contributed by atoms with E-state index < -0.39 is 5.82 Å². The maximum Gasteiger partial charge on any atom is 0.254 e. The van der Waals surface area contributed by atoms with Crippen molar-refractivity contribution in [3.05, 3.63) is 35.6 Å². The van der Waals surface area contributed by atoms with Crippen LogP contribution >= 0.6 is 0 Å². The first-order chi connectivity index (χ1) is 7.19. The van der Waals surface area contributed by atoms with E-state index >= 15 is 0 Å². The lowest BCUT2D eigenvalue weighted by atomic mass is 10.2. The van der Waals surface area contributed by atoms with Crippen molar-refractivity contribution in [1.82, 2.24) is 4.90 Å². The molecule has 0 atom stereocenters. The maximum absolute atomic E-state index is 12.8. The third-order valence-electron chi connectivity index (χ3n) is 2.00. The van der Waals surface area contributed by atoms with Gasteiger partial charge in [0.2, 0.25) is 0 Å². The standard InChI is InChI=1S/C11H11FN2O/c1-2-14(7-6-13)11(15)9-4-3-5-10(12)8-9/h3-5,8H,2,7H2,1H3. The lowest BCUT2D eigenvalue weighted by molar-refractivity contribution is 0.0783. The van der Waals surface area contributed by atoms with Crippen LogP contribution < -0.4 is 0 Å². The van der Waals surface area contributed by atoms with Gasteiger partial charge in [0, 0.05) is 12.1 Å². The minimum absolute atomic E-state index is 0.0197. The molecule has 0 N–H and O–H groups in total. The second-order valence-corrected chi connectivity index (χ2v) is 2.99. The lowest BCUT2D eigenvalue weighted by Gasteiger charge is -2.16. The average Bonchev–Trinajstić information content (AvgIpc) is 2.25. The molecule has 1 rings (SSSR count). The molecule has 0 aliphatic rings. The van der Waals surface area contributed by atoms with Gasteiger partial charge in [-0.2, -0.15) is 5.26 Å². The monoisotopic (exact) mass is 206 g/mol. The van der Waals surface area contributed by atoms with E-state index in [2.05, 4.69) is 0 Å². The van der Waals surface area contributed by atoms with Crippen LogP contribution in [0.5, 0.6) is 0 Å². The van der Waals surface area contributed by atoms with Gasteiger partial charge in [-0.3, -0.25) is 4.79 Å². The summed E-state index contributed by atoms with van der Waals surface area (Å²) in [5, 5.41) is 8.50. The minimum Gasteiger partial charge on any atom is -0.326 e. The summed E-state index contributed by atoms with van der Waals surface area (Å²) >= 11 is 0. The van der Waals surface area contributed by atoms with Gasteiger partial charge < -0.3 is 4.90 Å². The zero-order valence-corrected chi connectivity index (χ0v) is 8.40. The Balaban J connectivity index is 2.88. The van der Waals surface area contributed by atoms with Crippen molar-refractivity contribution in [2.45, 2.75) is 6.92 Å². The van der Waals surface area contributed by atoms with E-state index in [1.807, 2.05) is 6.07 Å². The summed E-state index contributed by atoms with van der Waals surface area (Å²) in [6, 6.07) is 7.35. The molecule has 0 aromatic heterocycles. The van der Waals surface area contributed by atoms with Gasteiger partial charge in [0.25, 0.3) is 5.91 Å². The molecule has 3 nitrogen and oxygen atoms in total. The van der Waals surface area contributed by atoms with E-state index in [1.165, 1.54) is 29.2 Å². The van der Waals surface area contributed by atoms with E-state index in [1.54, 1.807) is 6.92 Å². The van der Waals surface area contributed by atoms with E-state index in [9.17, 15) is 9.18 Å². The highest BCUT2D eigenvalue weighted by Crippen LogP contribution is 2.07. The molecule has 0 saturated carbocycles. The van der Waals surface area contributed by atoms with Crippen LogP contribution in [0.25, 0.3) is 0 Å². The Bertz CT molecular complexity index is 398. The third-order valence-corrected chi connectivity index (χ3v) is 2.00. The van der Waals surface area contributed by atoms with Gasteiger partial charge in [-0.1, -0.05) is 6.07 Å². The van der Waals surface area contributed by atoms with Crippen LogP contribution in [0.3, 0.4) is 0 Å². The molecular formula is C11H11FN2O. The van der Waals surface area contributed by atoms with Crippen molar-refractivity contribution in [2.75, 3.05) is 13.1 Å². The van der Waals surface area contributed by atoms with E-state index in [4.69, 9.17) is 5.26 Å². The number of halogens is 1. The summed E-state index contributed by atoms with van der Waals surface area (Å²) in [5.74, 6) is -0.771. The number of benzene rings is 1. The Morgan fingerprint density at radius 2 is 2.33 bits per heavy atom. The van der Waals surface area contributed by atoms with Crippen LogP contribution in [0, 0.1) is 17.1 Å². The smallest absolute Gasteiger partial charge is 0.254 e. The van der Waals surface area contributed by atoms with E-state index in [-0.39, 0.29) is 18.0 Å². The second kappa shape index (κ2) is 5.11. The first-order valence-electron chi connectivity index (χ1n) is 4.60. The van der Waals surface area contributed by atoms with Crippen LogP contribution in [0.1, 0.15) is 17.3 Å². The molecule has 0 bridgehead atoms. The molecule has 78 valence electrons. The van der Waals surface area contributed by atoms with Gasteiger partial charge in [-0.25, -0.2) is 4.39 Å². The molecule has 1 amide bonds. The van der Waals surface area contributed by atoms with Gasteiger partial charge in [-0.15, -0.1) is 0 Å². The zero-order valence-electron chi connectivity index (χ0n) is 8.40. The number of nitrogens with zero attached hydrogens (tertiary/aromatic N) is 2. The molecule has 1 aromatic rings. The SMILES string of the molecule is CCN(CC#N)C(=O)c1cccc(F)c1. The van der Waals surface area contributed by atoms with Gasteiger partial charge in [0.1, 0.15) is 12.4 Å². The number of amides is 1. The summed E-state index contributed by atoms with van der Waals surface area (Å²) < 4.78 is 12.8. The minimum atomic E-state index is -0.450. The predicted octanol–water partition coefficient (Wildman–Crippen LogP) is 1.81. The zero-order chi connectivity index (χ0) is 11.3. The fraction of sp³-hybridized carbons (Fsp3) is 0.273. The molecule has 0 radical (unpaired) electrons. The quantitative estimate of drug-likeness (QED) is 0.708. The van der Waals surface area contributed by atoms with Crippen molar-refractivity contribution in [3.63, 3.8) is 0 Å². The molecule has 1 aromatic carbocycles. The normalized spacial score (nSPS) is 9.40. The number of hydrogen-bond donors (Lipinski definition) is 0. The molecule has 0 spiro atoms. The topological polar surface area (TPSA) is 44.1 Å². The first kappa shape index (κ1) is 11.2. The lowest BCUT2D eigenvalue weighted by Crippen LogP contribution is -2.31. The van der Waals surface area contributed by atoms with E-state index in [0.717, 1.165) is 0 Å². The Labute approximate surface area is 87.7 Å². The van der Waals surface area contributed by atoms with Gasteiger partial charge >= 0.3 is 0 Å². The highest BCUT2D eigenvalue weighted by molar-refractivity contribution is 5.94. The van der Waals surface area contributed by atoms with E-state index in [0.29, 0.717) is 6.54 Å². The van der Waals surface area contributed by atoms with Crippen LogP contribution in [0.15, 0.2) is 24.3 Å². The van der Waals surface area contributed by atoms with Crippen molar-refractivity contribution in [1.29, 1.82) is 5.26 Å². The largest absolute Gasteiger partial charge is 0.326 e. The van der Waals surface area contributed by atoms with Crippen LogP contribution in [0.2, 0.25) is 0 Å². The van der Waals surface area contributed by atoms with Crippen molar-refractivity contribution in [2.24, 2.45) is 0 Å². The van der Waals surface area contributed by atoms with Crippen molar-refractivity contribution in [3.8, 4) is 6.07 Å². The van der Waals surface area contributed by atoms with Gasteiger partial charge in [0.15, 0.2) is 0 Å². The summed E-state index contributed by atoms with van der Waals surface area (Å²) in [7, 11) is 0. The second-order valence-electron chi connectivity index (χ2n) is 2.99. The number of carbonyl (C=O) groups is 1. The molecule has 0 heterocycles. The fourth-order valence-electron chi connectivity index (χ4n) is 1.22. The summed E-state index contributed by atoms with van der Waals surface area (Å²) in [5.41, 5.74) is 0.270. The summed E-state index contributed by atoms with van der Waals surface area (Å²) in [6.07, 6.45) is 0. The van der Waals surface area contributed by atoms with Crippen LogP contribution in [-0.2, 0) is 0 Å². The van der Waals surface area contributed by atoms with Crippen molar-refractivity contribution < 1.29 is 9.18 Å². The highest BCUT2D eigenvalue weighted by Gasteiger charge is 2.13. The summed E-state index contributed by atoms with van der Waals surface area (Å²) in [4.78, 5) is 13.1.